The summed E-state index contributed by atoms with van der Waals surface area (Å²) < 4.78 is 0. The standard InChI is InChI=1S/C14H28NO/c1-3-4-5-6-7-8-9-10-11-12-13-15-14(2)16/h2-13H2,1H3,(H,15,16). The van der Waals surface area contributed by atoms with Gasteiger partial charge in [0.1, 0.15) is 0 Å². The van der Waals surface area contributed by atoms with Crippen LogP contribution in [0.15, 0.2) is 0 Å². The molecule has 0 fully saturated rings. The normalized spacial score (nSPS) is 10.4. The predicted octanol–water partition coefficient (Wildman–Crippen LogP) is 3.86. The highest BCUT2D eigenvalue weighted by atomic mass is 16.1. The first kappa shape index (κ1) is 15.5. The van der Waals surface area contributed by atoms with Crippen molar-refractivity contribution >= 4 is 5.91 Å². The zero-order valence-electron chi connectivity index (χ0n) is 10.9. The van der Waals surface area contributed by atoms with Crippen LogP contribution < -0.4 is 5.32 Å². The van der Waals surface area contributed by atoms with Crippen LogP contribution in [0, 0.1) is 6.92 Å². The fourth-order valence-electron chi connectivity index (χ4n) is 1.84. The number of nitrogens with one attached hydrogen (secondary N) is 1. The molecule has 0 bridgehead atoms. The number of hydrogen-bond donors (Lipinski definition) is 1. The maximum Gasteiger partial charge on any atom is 0.220 e. The lowest BCUT2D eigenvalue weighted by Crippen LogP contribution is -2.20. The molecule has 2 heteroatoms. The third kappa shape index (κ3) is 13.5. The molecule has 0 spiro atoms. The highest BCUT2D eigenvalue weighted by molar-refractivity contribution is 5.79. The summed E-state index contributed by atoms with van der Waals surface area (Å²) in [6.45, 7) is 6.32. The molecule has 1 N–H and O–H groups in total. The first-order valence-corrected chi connectivity index (χ1v) is 6.87. The van der Waals surface area contributed by atoms with Crippen LogP contribution in [-0.4, -0.2) is 12.5 Å². The summed E-state index contributed by atoms with van der Waals surface area (Å²) in [5, 5.41) is 2.72. The Hall–Kier alpha value is -0.530. The quantitative estimate of drug-likeness (QED) is 0.533. The largest absolute Gasteiger partial charge is 0.356 e. The lowest BCUT2D eigenvalue weighted by atomic mass is 10.1. The molecule has 1 amide bonds. The van der Waals surface area contributed by atoms with E-state index in [1.165, 1.54) is 57.8 Å². The number of carbonyl (C=O) groups is 1. The van der Waals surface area contributed by atoms with Gasteiger partial charge in [0.25, 0.3) is 0 Å². The molecule has 2 nitrogen and oxygen atoms in total. The van der Waals surface area contributed by atoms with Crippen molar-refractivity contribution in [3.8, 4) is 0 Å². The second-order valence-electron chi connectivity index (χ2n) is 4.53. The van der Waals surface area contributed by atoms with Gasteiger partial charge in [0, 0.05) is 13.5 Å². The molecule has 0 aliphatic heterocycles. The summed E-state index contributed by atoms with van der Waals surface area (Å²) in [5.74, 6) is -0.157. The molecule has 0 aliphatic carbocycles. The molecular weight excluding hydrogens is 198 g/mol. The molecular formula is C14H28NO. The fourth-order valence-corrected chi connectivity index (χ4v) is 1.84. The Kier molecular flexibility index (Phi) is 12.1. The summed E-state index contributed by atoms with van der Waals surface area (Å²) in [6.07, 6.45) is 13.3. The molecule has 95 valence electrons. The first-order chi connectivity index (χ1) is 7.77. The van der Waals surface area contributed by atoms with Crippen molar-refractivity contribution < 1.29 is 4.79 Å². The van der Waals surface area contributed by atoms with Gasteiger partial charge in [-0.05, 0) is 6.42 Å². The Morgan fingerprint density at radius 2 is 1.31 bits per heavy atom. The second-order valence-corrected chi connectivity index (χ2v) is 4.53. The SMILES string of the molecule is [CH2]C(=O)NCCCCCCCCCCCC. The molecule has 0 aromatic rings. The molecule has 0 rings (SSSR count). The smallest absolute Gasteiger partial charge is 0.220 e. The molecule has 0 saturated heterocycles. The fraction of sp³-hybridized carbons (Fsp3) is 0.857. The van der Waals surface area contributed by atoms with Crippen molar-refractivity contribution in [3.05, 3.63) is 6.92 Å². The van der Waals surface area contributed by atoms with Gasteiger partial charge < -0.3 is 5.32 Å². The van der Waals surface area contributed by atoms with E-state index in [1.807, 2.05) is 0 Å². The Balaban J connectivity index is 2.90. The van der Waals surface area contributed by atoms with Gasteiger partial charge in [-0.15, -0.1) is 0 Å². The minimum absolute atomic E-state index is 0.157. The van der Waals surface area contributed by atoms with E-state index in [9.17, 15) is 4.79 Å². The summed E-state index contributed by atoms with van der Waals surface area (Å²) in [6, 6.07) is 0. The molecule has 0 heterocycles. The van der Waals surface area contributed by atoms with Crippen LogP contribution in [0.3, 0.4) is 0 Å². The van der Waals surface area contributed by atoms with Crippen molar-refractivity contribution in [2.45, 2.75) is 71.1 Å². The zero-order chi connectivity index (χ0) is 12.1. The van der Waals surface area contributed by atoms with Crippen molar-refractivity contribution in [2.24, 2.45) is 0 Å². The predicted molar refractivity (Wildman–Crippen MR) is 70.2 cm³/mol. The molecule has 1 radical (unpaired) electrons. The van der Waals surface area contributed by atoms with Crippen LogP contribution in [-0.2, 0) is 4.79 Å². The van der Waals surface area contributed by atoms with Gasteiger partial charge >= 0.3 is 0 Å². The second kappa shape index (κ2) is 12.5. The third-order valence-electron chi connectivity index (χ3n) is 2.85. The van der Waals surface area contributed by atoms with Gasteiger partial charge in [-0.25, -0.2) is 0 Å². The van der Waals surface area contributed by atoms with Crippen LogP contribution in [0.5, 0.6) is 0 Å². The van der Waals surface area contributed by atoms with Gasteiger partial charge in [0.05, 0.1) is 0 Å². The van der Waals surface area contributed by atoms with Crippen molar-refractivity contribution in [1.82, 2.24) is 5.32 Å². The Morgan fingerprint density at radius 1 is 0.875 bits per heavy atom. The number of rotatable bonds is 11. The van der Waals surface area contributed by atoms with E-state index in [-0.39, 0.29) is 5.91 Å². The lowest BCUT2D eigenvalue weighted by Gasteiger charge is -2.03. The van der Waals surface area contributed by atoms with Crippen LogP contribution in [0.1, 0.15) is 71.1 Å². The summed E-state index contributed by atoms with van der Waals surface area (Å²) >= 11 is 0. The maximum atomic E-state index is 10.5. The van der Waals surface area contributed by atoms with E-state index in [2.05, 4.69) is 19.2 Å². The number of amides is 1. The number of unbranched alkanes of at least 4 members (excludes halogenated alkanes) is 9. The molecule has 0 saturated carbocycles. The molecule has 0 aromatic carbocycles. The van der Waals surface area contributed by atoms with Gasteiger partial charge in [-0.3, -0.25) is 4.79 Å². The highest BCUT2D eigenvalue weighted by Crippen LogP contribution is 2.10. The van der Waals surface area contributed by atoms with Crippen molar-refractivity contribution in [1.29, 1.82) is 0 Å². The first-order valence-electron chi connectivity index (χ1n) is 6.87. The average molecular weight is 226 g/mol. The summed E-state index contributed by atoms with van der Waals surface area (Å²) in [7, 11) is 0. The minimum Gasteiger partial charge on any atom is -0.356 e. The lowest BCUT2D eigenvalue weighted by molar-refractivity contribution is -0.116. The van der Waals surface area contributed by atoms with Crippen LogP contribution in [0.25, 0.3) is 0 Å². The zero-order valence-corrected chi connectivity index (χ0v) is 10.9. The van der Waals surface area contributed by atoms with Gasteiger partial charge in [-0.2, -0.15) is 0 Å². The van der Waals surface area contributed by atoms with E-state index < -0.39 is 0 Å². The Labute approximate surface area is 101 Å². The highest BCUT2D eigenvalue weighted by Gasteiger charge is 1.93. The van der Waals surface area contributed by atoms with E-state index in [0.717, 1.165) is 13.0 Å². The van der Waals surface area contributed by atoms with Crippen molar-refractivity contribution in [3.63, 3.8) is 0 Å². The molecule has 16 heavy (non-hydrogen) atoms. The van der Waals surface area contributed by atoms with Gasteiger partial charge in [-0.1, -0.05) is 64.7 Å². The minimum atomic E-state index is -0.157. The molecule has 0 aromatic heterocycles. The third-order valence-corrected chi connectivity index (χ3v) is 2.85. The van der Waals surface area contributed by atoms with E-state index in [1.54, 1.807) is 0 Å². The summed E-state index contributed by atoms with van der Waals surface area (Å²) in [5.41, 5.74) is 0. The Bertz CT molecular complexity index is 157. The molecule has 0 atom stereocenters. The number of hydrogen-bond acceptors (Lipinski definition) is 1. The van der Waals surface area contributed by atoms with E-state index >= 15 is 0 Å². The van der Waals surface area contributed by atoms with Gasteiger partial charge in [0.15, 0.2) is 0 Å². The van der Waals surface area contributed by atoms with E-state index in [0.29, 0.717) is 0 Å². The monoisotopic (exact) mass is 226 g/mol. The van der Waals surface area contributed by atoms with Crippen LogP contribution >= 0.6 is 0 Å². The van der Waals surface area contributed by atoms with E-state index in [4.69, 9.17) is 0 Å². The molecule has 0 aliphatic rings. The summed E-state index contributed by atoms with van der Waals surface area (Å²) in [4.78, 5) is 10.5. The van der Waals surface area contributed by atoms with Crippen LogP contribution in [0.4, 0.5) is 0 Å². The van der Waals surface area contributed by atoms with Crippen LogP contribution in [0.2, 0.25) is 0 Å². The topological polar surface area (TPSA) is 29.1 Å². The number of carbonyl (C=O) groups excluding carboxylic acids is 1. The Morgan fingerprint density at radius 3 is 1.75 bits per heavy atom. The maximum absolute atomic E-state index is 10.5. The van der Waals surface area contributed by atoms with Gasteiger partial charge in [0.2, 0.25) is 5.91 Å². The van der Waals surface area contributed by atoms with Crippen molar-refractivity contribution in [2.75, 3.05) is 6.54 Å². The average Bonchev–Trinajstić information content (AvgIpc) is 2.25. The molecule has 0 unspecified atom stereocenters.